The summed E-state index contributed by atoms with van der Waals surface area (Å²) in [6.07, 6.45) is 4.97. The molecule has 1 aliphatic carbocycles. The van der Waals surface area contributed by atoms with Crippen molar-refractivity contribution in [1.29, 1.82) is 0 Å². The molecule has 0 spiro atoms. The summed E-state index contributed by atoms with van der Waals surface area (Å²) >= 11 is 12.3. The van der Waals surface area contributed by atoms with Gasteiger partial charge in [-0.05, 0) is 42.9 Å². The van der Waals surface area contributed by atoms with E-state index in [1.165, 1.54) is 6.42 Å². The molecule has 1 aromatic carbocycles. The highest BCUT2D eigenvalue weighted by Gasteiger charge is 2.41. The number of halogens is 3. The number of amides is 1. The van der Waals surface area contributed by atoms with Crippen molar-refractivity contribution in [3.63, 3.8) is 0 Å². The number of aliphatic hydroxyl groups is 1. The summed E-state index contributed by atoms with van der Waals surface area (Å²) in [5.41, 5.74) is 0.922. The molecule has 7 heteroatoms. The number of benzene rings is 1. The van der Waals surface area contributed by atoms with E-state index in [1.807, 2.05) is 12.1 Å². The molecule has 1 aliphatic heterocycles. The molecule has 1 aromatic rings. The number of nitrogens with zero attached hydrogens (tertiary/aromatic N) is 1. The lowest BCUT2D eigenvalue weighted by Crippen LogP contribution is -2.46. The molecule has 2 aliphatic rings. The van der Waals surface area contributed by atoms with Crippen molar-refractivity contribution in [3.05, 3.63) is 33.8 Å². The van der Waals surface area contributed by atoms with Gasteiger partial charge >= 0.3 is 0 Å². The first-order valence-electron chi connectivity index (χ1n) is 9.10. The molecule has 4 unspecified atom stereocenters. The predicted octanol–water partition coefficient (Wildman–Crippen LogP) is 3.87. The molecule has 2 N–H and O–H groups in total. The lowest BCUT2D eigenvalue weighted by atomic mass is 9.72. The van der Waals surface area contributed by atoms with Gasteiger partial charge in [-0.1, -0.05) is 42.1 Å². The lowest BCUT2D eigenvalue weighted by molar-refractivity contribution is -0.124. The van der Waals surface area contributed by atoms with Crippen LogP contribution in [0.15, 0.2) is 18.2 Å². The van der Waals surface area contributed by atoms with E-state index in [9.17, 15) is 9.90 Å². The SMILES string of the molecule is CNC(=O)C(c1ccc(Cl)c(Cl)c1)C1CCCCC1N1CCC(O)C1.Cl. The van der Waals surface area contributed by atoms with Crippen LogP contribution < -0.4 is 5.32 Å². The maximum Gasteiger partial charge on any atom is 0.227 e. The molecule has 4 nitrogen and oxygen atoms in total. The summed E-state index contributed by atoms with van der Waals surface area (Å²) in [5, 5.41) is 13.8. The Morgan fingerprint density at radius 3 is 2.58 bits per heavy atom. The van der Waals surface area contributed by atoms with Crippen molar-refractivity contribution in [3.8, 4) is 0 Å². The van der Waals surface area contributed by atoms with Gasteiger partial charge in [0.25, 0.3) is 0 Å². The monoisotopic (exact) mass is 420 g/mol. The first-order valence-corrected chi connectivity index (χ1v) is 9.85. The van der Waals surface area contributed by atoms with Gasteiger partial charge in [-0.25, -0.2) is 0 Å². The molecule has 0 bridgehead atoms. The molecule has 26 heavy (non-hydrogen) atoms. The molecule has 0 radical (unpaired) electrons. The van der Waals surface area contributed by atoms with Crippen LogP contribution in [-0.2, 0) is 4.79 Å². The fourth-order valence-corrected chi connectivity index (χ4v) is 4.81. The molecule has 1 saturated heterocycles. The summed E-state index contributed by atoms with van der Waals surface area (Å²) in [5.74, 6) is -0.00548. The van der Waals surface area contributed by atoms with Crippen LogP contribution >= 0.6 is 35.6 Å². The molecule has 0 aromatic heterocycles. The van der Waals surface area contributed by atoms with Crippen molar-refractivity contribution in [2.75, 3.05) is 20.1 Å². The standard InChI is InChI=1S/C19H26Cl2N2O2.ClH/c1-22-19(25)18(12-6-7-15(20)16(21)10-12)14-4-2-3-5-17(14)23-9-8-13(24)11-23;/h6-7,10,13-14,17-18,24H,2-5,8-9,11H2,1H3,(H,22,25);1H. The molecule has 1 saturated carbocycles. The van der Waals surface area contributed by atoms with Crippen LogP contribution in [0.25, 0.3) is 0 Å². The number of nitrogens with one attached hydrogen (secondary N) is 1. The lowest BCUT2D eigenvalue weighted by Gasteiger charge is -2.41. The zero-order valence-electron chi connectivity index (χ0n) is 15.0. The van der Waals surface area contributed by atoms with Crippen LogP contribution in [0.5, 0.6) is 0 Å². The Morgan fingerprint density at radius 1 is 1.23 bits per heavy atom. The Morgan fingerprint density at radius 2 is 1.96 bits per heavy atom. The number of rotatable bonds is 4. The quantitative estimate of drug-likeness (QED) is 0.776. The molecule has 3 rings (SSSR count). The highest BCUT2D eigenvalue weighted by Crippen LogP contribution is 2.41. The number of β-amino-alcohol motifs (C(OH)–C–C–N with tert-alkyl or cyclic N) is 1. The van der Waals surface area contributed by atoms with Crippen molar-refractivity contribution in [2.24, 2.45) is 5.92 Å². The molecule has 1 amide bonds. The van der Waals surface area contributed by atoms with Crippen LogP contribution in [0.4, 0.5) is 0 Å². The molecule has 146 valence electrons. The average molecular weight is 422 g/mol. The van der Waals surface area contributed by atoms with Gasteiger partial charge in [-0.15, -0.1) is 12.4 Å². The topological polar surface area (TPSA) is 52.6 Å². The normalized spacial score (nSPS) is 27.6. The highest BCUT2D eigenvalue weighted by atomic mass is 35.5. The fourth-order valence-electron chi connectivity index (χ4n) is 4.51. The molecular formula is C19H27Cl3N2O2. The number of hydrogen-bond acceptors (Lipinski definition) is 3. The summed E-state index contributed by atoms with van der Waals surface area (Å²) in [4.78, 5) is 15.2. The van der Waals surface area contributed by atoms with Gasteiger partial charge in [-0.2, -0.15) is 0 Å². The average Bonchev–Trinajstić information content (AvgIpc) is 3.05. The minimum absolute atomic E-state index is 0. The van der Waals surface area contributed by atoms with E-state index in [-0.39, 0.29) is 36.3 Å². The second-order valence-corrected chi connectivity index (χ2v) is 8.03. The fraction of sp³-hybridized carbons (Fsp3) is 0.632. The Hall–Kier alpha value is -0.520. The Balaban J connectivity index is 0.00000243. The van der Waals surface area contributed by atoms with E-state index in [0.29, 0.717) is 22.6 Å². The third-order valence-electron chi connectivity index (χ3n) is 5.71. The van der Waals surface area contributed by atoms with Gasteiger partial charge in [0.15, 0.2) is 0 Å². The molecular weight excluding hydrogens is 395 g/mol. The zero-order chi connectivity index (χ0) is 18.0. The summed E-state index contributed by atoms with van der Waals surface area (Å²) < 4.78 is 0. The van der Waals surface area contributed by atoms with Crippen LogP contribution in [0.1, 0.15) is 43.6 Å². The third-order valence-corrected chi connectivity index (χ3v) is 6.44. The largest absolute Gasteiger partial charge is 0.392 e. The van der Waals surface area contributed by atoms with Crippen molar-refractivity contribution in [1.82, 2.24) is 10.2 Å². The number of aliphatic hydroxyl groups excluding tert-OH is 1. The van der Waals surface area contributed by atoms with Gasteiger partial charge in [-0.3, -0.25) is 9.69 Å². The van der Waals surface area contributed by atoms with Crippen molar-refractivity contribution in [2.45, 2.75) is 50.2 Å². The van der Waals surface area contributed by atoms with E-state index < -0.39 is 0 Å². The minimum atomic E-state index is -0.247. The van der Waals surface area contributed by atoms with E-state index in [2.05, 4.69) is 10.2 Å². The summed E-state index contributed by atoms with van der Waals surface area (Å²) in [7, 11) is 1.68. The number of hydrogen-bond donors (Lipinski definition) is 2. The van der Waals surface area contributed by atoms with Crippen LogP contribution in [0, 0.1) is 5.92 Å². The first-order chi connectivity index (χ1) is 12.0. The van der Waals surface area contributed by atoms with Crippen LogP contribution in [0.2, 0.25) is 10.0 Å². The van der Waals surface area contributed by atoms with E-state index >= 15 is 0 Å². The predicted molar refractivity (Wildman–Crippen MR) is 108 cm³/mol. The van der Waals surface area contributed by atoms with Crippen molar-refractivity contribution < 1.29 is 9.90 Å². The number of likely N-dealkylation sites (N-methyl/N-ethyl adjacent to an activating group) is 1. The number of likely N-dealkylation sites (tertiary alicyclic amines) is 1. The molecule has 2 fully saturated rings. The zero-order valence-corrected chi connectivity index (χ0v) is 17.3. The van der Waals surface area contributed by atoms with Crippen LogP contribution in [-0.4, -0.2) is 48.2 Å². The minimum Gasteiger partial charge on any atom is -0.392 e. The van der Waals surface area contributed by atoms with Gasteiger partial charge in [0, 0.05) is 26.2 Å². The highest BCUT2D eigenvalue weighted by molar-refractivity contribution is 6.42. The van der Waals surface area contributed by atoms with Gasteiger partial charge in [0.05, 0.1) is 22.1 Å². The van der Waals surface area contributed by atoms with Gasteiger partial charge in [0.2, 0.25) is 5.91 Å². The first kappa shape index (κ1) is 21.8. The van der Waals surface area contributed by atoms with Crippen LogP contribution in [0.3, 0.4) is 0 Å². The van der Waals surface area contributed by atoms with E-state index in [4.69, 9.17) is 23.2 Å². The Bertz CT molecular complexity index is 629. The van der Waals surface area contributed by atoms with E-state index in [0.717, 1.165) is 37.8 Å². The van der Waals surface area contributed by atoms with Gasteiger partial charge < -0.3 is 10.4 Å². The molecule has 4 atom stereocenters. The second kappa shape index (κ2) is 9.61. The van der Waals surface area contributed by atoms with E-state index in [1.54, 1.807) is 13.1 Å². The maximum atomic E-state index is 12.8. The second-order valence-electron chi connectivity index (χ2n) is 7.22. The summed E-state index contributed by atoms with van der Waals surface area (Å²) in [6, 6.07) is 5.84. The number of carbonyl (C=O) groups is 1. The van der Waals surface area contributed by atoms with Crippen molar-refractivity contribution >= 4 is 41.5 Å². The summed E-state index contributed by atoms with van der Waals surface area (Å²) in [6.45, 7) is 1.62. The number of carbonyl (C=O) groups excluding carboxylic acids is 1. The Kier molecular flexibility index (Phi) is 8.05. The maximum absolute atomic E-state index is 12.8. The third kappa shape index (κ3) is 4.66. The Labute approximate surface area is 171 Å². The smallest absolute Gasteiger partial charge is 0.227 e. The van der Waals surface area contributed by atoms with Gasteiger partial charge in [0.1, 0.15) is 0 Å². The molecule has 1 heterocycles.